The van der Waals surface area contributed by atoms with Crippen LogP contribution in [0.2, 0.25) is 0 Å². The van der Waals surface area contributed by atoms with Gasteiger partial charge >= 0.3 is 5.97 Å². The van der Waals surface area contributed by atoms with Crippen molar-refractivity contribution < 1.29 is 44.1 Å². The lowest BCUT2D eigenvalue weighted by Gasteiger charge is -2.17. The van der Waals surface area contributed by atoms with Gasteiger partial charge in [-0.3, -0.25) is 0 Å². The van der Waals surface area contributed by atoms with Gasteiger partial charge in [-0.1, -0.05) is 30.3 Å². The second kappa shape index (κ2) is 7.17. The van der Waals surface area contributed by atoms with Crippen LogP contribution >= 0.6 is 0 Å². The lowest BCUT2D eigenvalue weighted by Crippen LogP contribution is -2.68. The number of hydrogen-bond donors (Lipinski definition) is 1. The molecule has 1 atom stereocenters. The first-order valence-corrected chi connectivity index (χ1v) is 5.56. The summed E-state index contributed by atoms with van der Waals surface area (Å²) in [5.74, 6) is -0.304. The topological polar surface area (TPSA) is 146 Å². The Morgan fingerprint density at radius 1 is 1.24 bits per heavy atom. The number of benzene rings is 1. The van der Waals surface area contributed by atoms with E-state index in [-0.39, 0.29) is 5.97 Å². The SMILES string of the molecule is COC(=O)[C@H]([NH3+])c1ccccc1.[O-][Cl+3]([O-])([O-])[O-]. The summed E-state index contributed by atoms with van der Waals surface area (Å²) in [5.41, 5.74) is 4.58. The predicted molar refractivity (Wildman–Crippen MR) is 44.1 cm³/mol. The van der Waals surface area contributed by atoms with Crippen LogP contribution in [0.1, 0.15) is 11.6 Å². The number of methoxy groups -OCH3 is 1. The van der Waals surface area contributed by atoms with E-state index >= 15 is 0 Å². The van der Waals surface area contributed by atoms with Crippen LogP contribution in [0, 0.1) is 10.2 Å². The van der Waals surface area contributed by atoms with Crippen LogP contribution < -0.4 is 24.4 Å². The number of carbonyl (C=O) groups is 1. The number of esters is 1. The molecule has 0 fully saturated rings. The van der Waals surface area contributed by atoms with Crippen LogP contribution in [0.15, 0.2) is 30.3 Å². The quantitative estimate of drug-likeness (QED) is 0.532. The summed E-state index contributed by atoms with van der Waals surface area (Å²) in [7, 11) is -3.58. The Hall–Kier alpha value is -1.22. The van der Waals surface area contributed by atoms with Crippen LogP contribution in [-0.4, -0.2) is 13.1 Å². The highest BCUT2D eigenvalue weighted by Gasteiger charge is 2.18. The zero-order valence-corrected chi connectivity index (χ0v) is 9.75. The summed E-state index contributed by atoms with van der Waals surface area (Å²) < 4.78 is 38.5. The van der Waals surface area contributed by atoms with Crippen LogP contribution in [0.4, 0.5) is 0 Å². The molecule has 0 saturated heterocycles. The average molecular weight is 266 g/mol. The van der Waals surface area contributed by atoms with Crippen molar-refractivity contribution in [3.63, 3.8) is 0 Å². The highest BCUT2D eigenvalue weighted by atomic mass is 35.7. The highest BCUT2D eigenvalue weighted by Crippen LogP contribution is 2.08. The molecule has 8 heteroatoms. The van der Waals surface area contributed by atoms with Crippen molar-refractivity contribution in [2.75, 3.05) is 7.11 Å². The fourth-order valence-electron chi connectivity index (χ4n) is 0.964. The van der Waals surface area contributed by atoms with Gasteiger partial charge in [-0.05, 0) is 0 Å². The van der Waals surface area contributed by atoms with Gasteiger partial charge < -0.3 is 10.5 Å². The molecule has 0 aliphatic rings. The van der Waals surface area contributed by atoms with E-state index in [1.807, 2.05) is 30.3 Å². The summed E-state index contributed by atoms with van der Waals surface area (Å²) in [6.07, 6.45) is 0. The van der Waals surface area contributed by atoms with Gasteiger partial charge in [-0.2, -0.15) is 0 Å². The molecular weight excluding hydrogens is 254 g/mol. The van der Waals surface area contributed by atoms with Crippen molar-refractivity contribution in [2.45, 2.75) is 6.04 Å². The molecule has 0 saturated carbocycles. The third kappa shape index (κ3) is 8.57. The Morgan fingerprint density at radius 3 is 2.00 bits per heavy atom. The summed E-state index contributed by atoms with van der Waals surface area (Å²) in [6.45, 7) is 0. The van der Waals surface area contributed by atoms with E-state index < -0.39 is 16.3 Å². The van der Waals surface area contributed by atoms with Crippen molar-refractivity contribution in [1.82, 2.24) is 0 Å². The number of rotatable bonds is 2. The van der Waals surface area contributed by atoms with Crippen molar-refractivity contribution in [3.05, 3.63) is 35.9 Å². The summed E-state index contributed by atoms with van der Waals surface area (Å²) in [4.78, 5) is 11.0. The smallest absolute Gasteiger partial charge is 0.369 e. The zero-order valence-electron chi connectivity index (χ0n) is 9.00. The summed E-state index contributed by atoms with van der Waals surface area (Å²) >= 11 is 0. The van der Waals surface area contributed by atoms with Gasteiger partial charge in [-0.25, -0.2) is 23.4 Å². The molecule has 0 radical (unpaired) electrons. The molecule has 17 heavy (non-hydrogen) atoms. The van der Waals surface area contributed by atoms with Crippen LogP contribution in [-0.2, 0) is 9.53 Å². The predicted octanol–water partition coefficient (Wildman–Crippen LogP) is -4.61. The van der Waals surface area contributed by atoms with Crippen molar-refractivity contribution >= 4 is 5.97 Å². The number of hydrogen-bond acceptors (Lipinski definition) is 6. The molecule has 0 spiro atoms. The second-order valence-electron chi connectivity index (χ2n) is 2.86. The van der Waals surface area contributed by atoms with E-state index in [9.17, 15) is 4.79 Å². The van der Waals surface area contributed by atoms with Crippen molar-refractivity contribution in [3.8, 4) is 0 Å². The number of halogens is 1. The second-order valence-corrected chi connectivity index (χ2v) is 3.62. The van der Waals surface area contributed by atoms with E-state index in [2.05, 4.69) is 10.5 Å². The van der Waals surface area contributed by atoms with Gasteiger partial charge in [0.15, 0.2) is 0 Å². The van der Waals surface area contributed by atoms with Gasteiger partial charge in [0, 0.05) is 5.56 Å². The van der Waals surface area contributed by atoms with Gasteiger partial charge in [0.1, 0.15) is 0 Å². The van der Waals surface area contributed by atoms with Crippen LogP contribution in [0.5, 0.6) is 0 Å². The van der Waals surface area contributed by atoms with E-state index in [4.69, 9.17) is 18.6 Å². The lowest BCUT2D eigenvalue weighted by molar-refractivity contribution is -2.00. The summed E-state index contributed by atoms with van der Waals surface area (Å²) in [6, 6.07) is 8.93. The van der Waals surface area contributed by atoms with E-state index in [1.165, 1.54) is 7.11 Å². The molecule has 0 amide bonds. The maximum absolute atomic E-state index is 11.0. The van der Waals surface area contributed by atoms with Crippen LogP contribution in [0.25, 0.3) is 0 Å². The minimum Gasteiger partial charge on any atom is -0.464 e. The molecule has 0 aliphatic heterocycles. The van der Waals surface area contributed by atoms with E-state index in [0.29, 0.717) is 0 Å². The maximum atomic E-state index is 11.0. The molecule has 7 nitrogen and oxygen atoms in total. The van der Waals surface area contributed by atoms with Crippen molar-refractivity contribution in [2.24, 2.45) is 0 Å². The third-order valence-corrected chi connectivity index (χ3v) is 1.69. The van der Waals surface area contributed by atoms with Gasteiger partial charge in [0.2, 0.25) is 6.04 Å². The fourth-order valence-corrected chi connectivity index (χ4v) is 0.964. The maximum Gasteiger partial charge on any atom is 0.369 e. The Balaban J connectivity index is 0.000000437. The molecule has 1 aromatic rings. The average Bonchev–Trinajstić information content (AvgIpc) is 2.26. The summed E-state index contributed by atoms with van der Waals surface area (Å²) in [5, 5.41) is 0. The molecule has 96 valence electrons. The Labute approximate surface area is 99.8 Å². The van der Waals surface area contributed by atoms with Crippen molar-refractivity contribution in [1.29, 1.82) is 0 Å². The molecule has 0 unspecified atom stereocenters. The third-order valence-electron chi connectivity index (χ3n) is 1.69. The monoisotopic (exact) mass is 265 g/mol. The highest BCUT2D eigenvalue weighted by molar-refractivity contribution is 5.75. The largest absolute Gasteiger partial charge is 0.464 e. The zero-order chi connectivity index (χ0) is 13.5. The van der Waals surface area contributed by atoms with Crippen LogP contribution in [0.3, 0.4) is 0 Å². The molecular formula is C9H12ClNO6. The van der Waals surface area contributed by atoms with E-state index in [0.717, 1.165) is 5.56 Å². The molecule has 0 aromatic heterocycles. The first-order chi connectivity index (χ1) is 7.75. The first kappa shape index (κ1) is 15.8. The molecule has 1 rings (SSSR count). The lowest BCUT2D eigenvalue weighted by atomic mass is 10.1. The van der Waals surface area contributed by atoms with Gasteiger partial charge in [0.25, 0.3) is 0 Å². The van der Waals surface area contributed by atoms with E-state index in [1.54, 1.807) is 0 Å². The molecule has 0 aliphatic carbocycles. The Bertz CT molecular complexity index is 333. The molecule has 1 aromatic carbocycles. The molecule has 0 bridgehead atoms. The Morgan fingerprint density at radius 2 is 1.65 bits per heavy atom. The Kier molecular flexibility index (Phi) is 6.66. The fraction of sp³-hybridized carbons (Fsp3) is 0.222. The first-order valence-electron chi connectivity index (χ1n) is 4.33. The number of ether oxygens (including phenoxy) is 1. The normalized spacial score (nSPS) is 12.1. The number of carbonyl (C=O) groups excluding carboxylic acids is 1. The number of quaternary nitrogens is 1. The minimum atomic E-state index is -4.94. The molecule has 0 heterocycles. The van der Waals surface area contributed by atoms with Gasteiger partial charge in [0.05, 0.1) is 7.11 Å². The van der Waals surface area contributed by atoms with Gasteiger partial charge in [-0.15, -0.1) is 10.2 Å². The molecule has 3 N–H and O–H groups in total. The minimum absolute atomic E-state index is 0.304. The standard InChI is InChI=1S/C9H11NO2.ClHO4/c1-12-9(11)8(10)7-5-3-2-4-6-7;2-1(3,4)5/h2-6,8H,10H2,1H3;(H,2,3,4,5)/t8-;/m1./s1.